The molecule has 124 valence electrons. The van der Waals surface area contributed by atoms with Crippen LogP contribution in [0.3, 0.4) is 0 Å². The fourth-order valence-electron chi connectivity index (χ4n) is 3.21. The molecule has 0 aliphatic carbocycles. The van der Waals surface area contributed by atoms with Gasteiger partial charge in [-0.2, -0.15) is 5.10 Å². The van der Waals surface area contributed by atoms with E-state index < -0.39 is 0 Å². The summed E-state index contributed by atoms with van der Waals surface area (Å²) in [5.41, 5.74) is 4.14. The SMILES string of the molecule is Cc1ccc([C@H]2SC[C@@H]3C(=O)N(c4cnn(C)c4C)C(=S)N32)cc1. The third kappa shape index (κ3) is 2.18. The van der Waals surface area contributed by atoms with Crippen molar-refractivity contribution in [1.29, 1.82) is 0 Å². The third-order valence-electron chi connectivity index (χ3n) is 4.73. The number of hydrogen-bond acceptors (Lipinski definition) is 4. The Kier molecular flexibility index (Phi) is 3.65. The number of thiocarbonyl (C=S) groups is 1. The smallest absolute Gasteiger partial charge is 0.257 e. The second-order valence-electron chi connectivity index (χ2n) is 6.21. The number of carbonyl (C=O) groups is 1. The molecule has 2 aromatic rings. The number of benzene rings is 1. The average molecular weight is 358 g/mol. The number of carbonyl (C=O) groups excluding carboxylic acids is 1. The summed E-state index contributed by atoms with van der Waals surface area (Å²) in [6.07, 6.45) is 1.72. The zero-order valence-corrected chi connectivity index (χ0v) is 15.4. The van der Waals surface area contributed by atoms with Gasteiger partial charge in [0.15, 0.2) is 5.11 Å². The van der Waals surface area contributed by atoms with Gasteiger partial charge in [0.05, 0.1) is 17.6 Å². The van der Waals surface area contributed by atoms with Gasteiger partial charge in [-0.05, 0) is 31.6 Å². The van der Waals surface area contributed by atoms with Gasteiger partial charge < -0.3 is 4.90 Å². The van der Waals surface area contributed by atoms with Crippen LogP contribution in [-0.4, -0.2) is 37.5 Å². The predicted molar refractivity (Wildman–Crippen MR) is 100 cm³/mol. The van der Waals surface area contributed by atoms with Crippen molar-refractivity contribution in [3.63, 3.8) is 0 Å². The van der Waals surface area contributed by atoms with Crippen LogP contribution in [0.25, 0.3) is 0 Å². The first-order chi connectivity index (χ1) is 11.5. The van der Waals surface area contributed by atoms with Crippen molar-refractivity contribution in [3.8, 4) is 0 Å². The molecule has 2 atom stereocenters. The molecular formula is C17H18N4OS2. The van der Waals surface area contributed by atoms with E-state index in [1.54, 1.807) is 27.5 Å². The number of anilines is 1. The Morgan fingerprint density at radius 1 is 1.25 bits per heavy atom. The molecule has 5 nitrogen and oxygen atoms in total. The Labute approximate surface area is 150 Å². The molecule has 0 N–H and O–H groups in total. The molecule has 0 unspecified atom stereocenters. The Bertz CT molecular complexity index is 830. The molecule has 1 aromatic carbocycles. The molecule has 1 aromatic heterocycles. The molecule has 3 heterocycles. The van der Waals surface area contributed by atoms with Crippen LogP contribution in [0, 0.1) is 13.8 Å². The van der Waals surface area contributed by atoms with E-state index in [2.05, 4.69) is 41.2 Å². The second-order valence-corrected chi connectivity index (χ2v) is 7.69. The lowest BCUT2D eigenvalue weighted by Crippen LogP contribution is -2.33. The highest BCUT2D eigenvalue weighted by molar-refractivity contribution is 7.99. The standard InChI is InChI=1S/C17H18N4OS2/c1-10-4-6-12(7-5-10)16-21-14(9-24-16)15(22)20(17(21)23)13-8-18-19(3)11(13)2/h4-8,14,16H,9H2,1-3H3/t14-,16-/m1/s1. The van der Waals surface area contributed by atoms with Crippen LogP contribution in [-0.2, 0) is 11.8 Å². The van der Waals surface area contributed by atoms with Crippen molar-refractivity contribution in [1.82, 2.24) is 14.7 Å². The van der Waals surface area contributed by atoms with E-state index in [1.165, 1.54) is 11.1 Å². The van der Waals surface area contributed by atoms with Gasteiger partial charge in [0.25, 0.3) is 5.91 Å². The van der Waals surface area contributed by atoms with Gasteiger partial charge in [-0.25, -0.2) is 0 Å². The maximum absolute atomic E-state index is 12.9. The van der Waals surface area contributed by atoms with Crippen LogP contribution in [0.1, 0.15) is 22.2 Å². The maximum atomic E-state index is 12.9. The molecular weight excluding hydrogens is 340 g/mol. The van der Waals surface area contributed by atoms with Gasteiger partial charge in [0.1, 0.15) is 11.4 Å². The van der Waals surface area contributed by atoms with E-state index >= 15 is 0 Å². The zero-order chi connectivity index (χ0) is 17.0. The highest BCUT2D eigenvalue weighted by Crippen LogP contribution is 2.46. The quantitative estimate of drug-likeness (QED) is 0.772. The van der Waals surface area contributed by atoms with Crippen molar-refractivity contribution < 1.29 is 4.79 Å². The molecule has 0 bridgehead atoms. The molecule has 1 amide bonds. The first-order valence-electron chi connectivity index (χ1n) is 7.82. The minimum Gasteiger partial charge on any atom is -0.319 e. The summed E-state index contributed by atoms with van der Waals surface area (Å²) >= 11 is 7.47. The van der Waals surface area contributed by atoms with Crippen molar-refractivity contribution in [2.24, 2.45) is 7.05 Å². The summed E-state index contributed by atoms with van der Waals surface area (Å²) in [6, 6.07) is 8.27. The van der Waals surface area contributed by atoms with E-state index in [1.807, 2.05) is 14.0 Å². The van der Waals surface area contributed by atoms with Gasteiger partial charge in [-0.15, -0.1) is 11.8 Å². The van der Waals surface area contributed by atoms with Gasteiger partial charge in [0.2, 0.25) is 0 Å². The lowest BCUT2D eigenvalue weighted by molar-refractivity contribution is -0.119. The van der Waals surface area contributed by atoms with E-state index in [0.29, 0.717) is 5.11 Å². The van der Waals surface area contributed by atoms with Crippen LogP contribution in [0.2, 0.25) is 0 Å². The van der Waals surface area contributed by atoms with E-state index in [0.717, 1.165) is 17.1 Å². The molecule has 0 spiro atoms. The fourth-order valence-corrected chi connectivity index (χ4v) is 5.12. The lowest BCUT2D eigenvalue weighted by Gasteiger charge is -2.25. The lowest BCUT2D eigenvalue weighted by atomic mass is 10.1. The Balaban J connectivity index is 1.70. The third-order valence-corrected chi connectivity index (χ3v) is 6.45. The van der Waals surface area contributed by atoms with Gasteiger partial charge in [-0.1, -0.05) is 29.8 Å². The van der Waals surface area contributed by atoms with Crippen LogP contribution in [0.4, 0.5) is 5.69 Å². The van der Waals surface area contributed by atoms with Crippen molar-refractivity contribution in [2.45, 2.75) is 25.3 Å². The largest absolute Gasteiger partial charge is 0.319 e. The first kappa shape index (κ1) is 15.7. The number of amides is 1. The number of fused-ring (bicyclic) bond motifs is 1. The summed E-state index contributed by atoms with van der Waals surface area (Å²) in [5.74, 6) is 0.811. The second kappa shape index (κ2) is 5.60. The predicted octanol–water partition coefficient (Wildman–Crippen LogP) is 2.78. The van der Waals surface area contributed by atoms with Gasteiger partial charge in [-0.3, -0.25) is 14.4 Å². The minimum absolute atomic E-state index is 0.0539. The maximum Gasteiger partial charge on any atom is 0.257 e. The number of thioether (sulfide) groups is 1. The van der Waals surface area contributed by atoms with Crippen molar-refractivity contribution in [2.75, 3.05) is 10.7 Å². The number of aromatic nitrogens is 2. The number of hydrogen-bond donors (Lipinski definition) is 0. The van der Waals surface area contributed by atoms with Gasteiger partial charge >= 0.3 is 0 Å². The molecule has 0 radical (unpaired) electrons. The van der Waals surface area contributed by atoms with E-state index in [-0.39, 0.29) is 17.3 Å². The summed E-state index contributed by atoms with van der Waals surface area (Å²) in [6.45, 7) is 4.03. The Morgan fingerprint density at radius 2 is 1.96 bits per heavy atom. The summed E-state index contributed by atoms with van der Waals surface area (Å²) in [4.78, 5) is 16.7. The highest BCUT2D eigenvalue weighted by atomic mass is 32.2. The van der Waals surface area contributed by atoms with Crippen molar-refractivity contribution >= 4 is 40.7 Å². The molecule has 0 saturated carbocycles. The van der Waals surface area contributed by atoms with Crippen LogP contribution in [0.15, 0.2) is 30.5 Å². The molecule has 2 saturated heterocycles. The number of nitrogens with zero attached hydrogens (tertiary/aromatic N) is 4. The summed E-state index contributed by atoms with van der Waals surface area (Å²) in [7, 11) is 1.87. The summed E-state index contributed by atoms with van der Waals surface area (Å²) in [5, 5.41) is 4.92. The van der Waals surface area contributed by atoms with Crippen molar-refractivity contribution in [3.05, 3.63) is 47.3 Å². The molecule has 4 rings (SSSR count). The van der Waals surface area contributed by atoms with Crippen LogP contribution < -0.4 is 4.90 Å². The topological polar surface area (TPSA) is 41.4 Å². The Morgan fingerprint density at radius 3 is 2.58 bits per heavy atom. The number of rotatable bonds is 2. The normalized spacial score (nSPS) is 23.3. The van der Waals surface area contributed by atoms with Crippen LogP contribution in [0.5, 0.6) is 0 Å². The molecule has 2 aliphatic heterocycles. The number of aryl methyl sites for hydroxylation is 2. The van der Waals surface area contributed by atoms with Gasteiger partial charge in [0, 0.05) is 12.8 Å². The van der Waals surface area contributed by atoms with E-state index in [9.17, 15) is 4.79 Å². The molecule has 7 heteroatoms. The minimum atomic E-state index is -0.187. The Hall–Kier alpha value is -1.86. The summed E-state index contributed by atoms with van der Waals surface area (Å²) < 4.78 is 1.76. The highest BCUT2D eigenvalue weighted by Gasteiger charge is 2.51. The van der Waals surface area contributed by atoms with Crippen LogP contribution >= 0.6 is 24.0 Å². The monoisotopic (exact) mass is 358 g/mol. The zero-order valence-electron chi connectivity index (χ0n) is 13.8. The molecule has 24 heavy (non-hydrogen) atoms. The average Bonchev–Trinajstić information content (AvgIpc) is 3.20. The molecule has 2 fully saturated rings. The molecule has 2 aliphatic rings. The first-order valence-corrected chi connectivity index (χ1v) is 9.28. The van der Waals surface area contributed by atoms with E-state index in [4.69, 9.17) is 12.2 Å². The fraction of sp³-hybridized carbons (Fsp3) is 0.353.